The number of rotatable bonds is 3. The molecule has 0 atom stereocenters. The van der Waals surface area contributed by atoms with E-state index in [1.54, 1.807) is 0 Å². The summed E-state index contributed by atoms with van der Waals surface area (Å²) in [6.07, 6.45) is 0. The fourth-order valence-electron chi connectivity index (χ4n) is 0.716. The van der Waals surface area contributed by atoms with Gasteiger partial charge in [0.2, 0.25) is 0 Å². The van der Waals surface area contributed by atoms with Gasteiger partial charge < -0.3 is 0 Å². The number of nitroso groups, excluding NO2 is 1. The number of hydrogen-bond donors (Lipinski definition) is 1. The van der Waals surface area contributed by atoms with Gasteiger partial charge in [-0.3, -0.25) is 0 Å². The molecule has 0 saturated carbocycles. The van der Waals surface area contributed by atoms with Crippen LogP contribution in [0.4, 0.5) is 0 Å². The molecule has 0 fully saturated rings. The molecule has 0 spiro atoms. The summed E-state index contributed by atoms with van der Waals surface area (Å²) in [5.41, 5.74) is 0. The summed E-state index contributed by atoms with van der Waals surface area (Å²) in [6.45, 7) is 0. The molecule has 1 aromatic carbocycles. The zero-order valence-corrected chi connectivity index (χ0v) is 7.84. The van der Waals surface area contributed by atoms with Gasteiger partial charge in [0, 0.05) is 5.02 Å². The Morgan fingerprint density at radius 3 is 2.23 bits per heavy atom. The molecule has 1 aromatic rings. The van der Waals surface area contributed by atoms with Crippen molar-refractivity contribution < 1.29 is 8.42 Å². The molecule has 0 aliphatic rings. The van der Waals surface area contributed by atoms with Crippen molar-refractivity contribution in [1.29, 1.82) is 0 Å². The number of halogens is 1. The summed E-state index contributed by atoms with van der Waals surface area (Å²) in [4.78, 5) is 11.1. The lowest BCUT2D eigenvalue weighted by Crippen LogP contribution is -2.16. The van der Waals surface area contributed by atoms with Gasteiger partial charge in [0.1, 0.15) is 0 Å². The van der Waals surface area contributed by atoms with E-state index in [9.17, 15) is 13.3 Å². The van der Waals surface area contributed by atoms with Crippen molar-refractivity contribution in [2.45, 2.75) is 4.90 Å². The van der Waals surface area contributed by atoms with E-state index in [4.69, 9.17) is 11.6 Å². The Hall–Kier alpha value is -1.14. The normalized spacial score (nSPS) is 10.8. The second-order valence-electron chi connectivity index (χ2n) is 2.14. The molecule has 5 nitrogen and oxygen atoms in total. The van der Waals surface area contributed by atoms with Gasteiger partial charge in [-0.15, -0.1) is 4.91 Å². The van der Waals surface area contributed by atoms with Gasteiger partial charge in [-0.1, -0.05) is 11.6 Å². The minimum absolute atomic E-state index is 0.0588. The van der Waals surface area contributed by atoms with E-state index in [0.717, 1.165) is 0 Å². The SMILES string of the molecule is O=NNS(=O)(=O)c1ccc(Cl)cc1. The Balaban J connectivity index is 3.08. The smallest absolute Gasteiger partial charge is 0.200 e. The number of sulfonamides is 1. The van der Waals surface area contributed by atoms with Crippen LogP contribution in [0.5, 0.6) is 0 Å². The number of hydrogen-bond acceptors (Lipinski definition) is 4. The van der Waals surface area contributed by atoms with E-state index in [1.807, 2.05) is 0 Å². The molecule has 13 heavy (non-hydrogen) atoms. The molecular weight excluding hydrogens is 216 g/mol. The van der Waals surface area contributed by atoms with Crippen LogP contribution >= 0.6 is 11.6 Å². The Labute approximate surface area is 79.7 Å². The number of benzene rings is 1. The highest BCUT2D eigenvalue weighted by Crippen LogP contribution is 2.13. The monoisotopic (exact) mass is 220 g/mol. The van der Waals surface area contributed by atoms with Gasteiger partial charge in [-0.2, -0.15) is 13.2 Å². The molecule has 1 rings (SSSR count). The zero-order valence-electron chi connectivity index (χ0n) is 6.27. The first kappa shape index (κ1) is 9.94. The van der Waals surface area contributed by atoms with Gasteiger partial charge in [0.05, 0.1) is 10.2 Å². The van der Waals surface area contributed by atoms with Gasteiger partial charge in [-0.25, -0.2) is 0 Å². The van der Waals surface area contributed by atoms with E-state index in [2.05, 4.69) is 5.29 Å². The van der Waals surface area contributed by atoms with Gasteiger partial charge >= 0.3 is 0 Å². The molecule has 7 heteroatoms. The van der Waals surface area contributed by atoms with Crippen LogP contribution in [0.25, 0.3) is 0 Å². The minimum atomic E-state index is -3.81. The zero-order chi connectivity index (χ0) is 9.90. The van der Waals surface area contributed by atoms with Crippen molar-refractivity contribution in [2.24, 2.45) is 5.29 Å². The summed E-state index contributed by atoms with van der Waals surface area (Å²) in [7, 11) is -3.81. The molecule has 0 saturated heterocycles. The second kappa shape index (κ2) is 3.71. The van der Waals surface area contributed by atoms with Crippen LogP contribution < -0.4 is 4.83 Å². The van der Waals surface area contributed by atoms with Crippen molar-refractivity contribution in [3.63, 3.8) is 0 Å². The number of nitrogens with one attached hydrogen (secondary N) is 1. The van der Waals surface area contributed by atoms with E-state index in [0.29, 0.717) is 5.02 Å². The minimum Gasteiger partial charge on any atom is -0.200 e. The van der Waals surface area contributed by atoms with Crippen molar-refractivity contribution in [3.05, 3.63) is 34.2 Å². The Kier molecular flexibility index (Phi) is 2.84. The first-order chi connectivity index (χ1) is 6.06. The third kappa shape index (κ3) is 2.40. The van der Waals surface area contributed by atoms with Crippen LogP contribution in [0.15, 0.2) is 34.4 Å². The fraction of sp³-hybridized carbons (Fsp3) is 0. The van der Waals surface area contributed by atoms with Gasteiger partial charge in [-0.05, 0) is 24.3 Å². The van der Waals surface area contributed by atoms with Gasteiger partial charge in [0.25, 0.3) is 10.0 Å². The summed E-state index contributed by atoms with van der Waals surface area (Å²) in [6, 6.07) is 5.35. The van der Waals surface area contributed by atoms with Crippen molar-refractivity contribution in [3.8, 4) is 0 Å². The predicted molar refractivity (Wildman–Crippen MR) is 47.6 cm³/mol. The lowest BCUT2D eigenvalue weighted by atomic mass is 10.4. The molecule has 70 valence electrons. The van der Waals surface area contributed by atoms with Crippen molar-refractivity contribution in [2.75, 3.05) is 0 Å². The molecular formula is C6H5ClN2O3S. The first-order valence-corrected chi connectivity index (χ1v) is 5.02. The lowest BCUT2D eigenvalue weighted by molar-refractivity contribution is 0.584. The molecule has 0 unspecified atom stereocenters. The largest absolute Gasteiger partial charge is 0.279 e. The summed E-state index contributed by atoms with van der Waals surface area (Å²) in [5, 5.41) is 2.50. The van der Waals surface area contributed by atoms with Crippen LogP contribution in [0, 0.1) is 4.91 Å². The molecule has 0 aliphatic heterocycles. The molecule has 0 radical (unpaired) electrons. The lowest BCUT2D eigenvalue weighted by Gasteiger charge is -1.99. The molecule has 0 aromatic heterocycles. The van der Waals surface area contributed by atoms with E-state index in [-0.39, 0.29) is 4.90 Å². The standard InChI is InChI=1S/C6H5ClN2O3S/c7-5-1-3-6(4-2-5)13(11,12)9-8-10/h1-4H,(H,9,10). The third-order valence-electron chi connectivity index (χ3n) is 1.28. The number of nitrogens with zero attached hydrogens (tertiary/aromatic N) is 1. The Bertz CT molecular complexity index is 400. The van der Waals surface area contributed by atoms with Crippen LogP contribution in [-0.4, -0.2) is 8.42 Å². The van der Waals surface area contributed by atoms with Gasteiger partial charge in [0.15, 0.2) is 0 Å². The molecule has 0 heterocycles. The molecule has 0 amide bonds. The van der Waals surface area contributed by atoms with E-state index in [1.165, 1.54) is 29.1 Å². The average molecular weight is 221 g/mol. The maximum atomic E-state index is 11.1. The van der Waals surface area contributed by atoms with Crippen LogP contribution in [-0.2, 0) is 10.0 Å². The second-order valence-corrected chi connectivity index (χ2v) is 4.24. The van der Waals surface area contributed by atoms with Crippen LogP contribution in [0.3, 0.4) is 0 Å². The molecule has 0 aliphatic carbocycles. The van der Waals surface area contributed by atoms with E-state index >= 15 is 0 Å². The average Bonchev–Trinajstić information content (AvgIpc) is 2.05. The summed E-state index contributed by atoms with van der Waals surface area (Å²) >= 11 is 5.54. The summed E-state index contributed by atoms with van der Waals surface area (Å²) in [5.74, 6) is 0. The fourth-order valence-corrected chi connectivity index (χ4v) is 1.54. The highest BCUT2D eigenvalue weighted by molar-refractivity contribution is 7.89. The highest BCUT2D eigenvalue weighted by atomic mass is 35.5. The van der Waals surface area contributed by atoms with E-state index < -0.39 is 10.0 Å². The van der Waals surface area contributed by atoms with Crippen LogP contribution in [0.1, 0.15) is 0 Å². The molecule has 1 N–H and O–H groups in total. The Morgan fingerprint density at radius 1 is 1.23 bits per heavy atom. The maximum absolute atomic E-state index is 11.1. The Morgan fingerprint density at radius 2 is 1.77 bits per heavy atom. The topological polar surface area (TPSA) is 75.6 Å². The van der Waals surface area contributed by atoms with Crippen molar-refractivity contribution >= 4 is 21.6 Å². The van der Waals surface area contributed by atoms with Crippen LogP contribution in [0.2, 0.25) is 5.02 Å². The highest BCUT2D eigenvalue weighted by Gasteiger charge is 2.12. The third-order valence-corrected chi connectivity index (χ3v) is 2.74. The quantitative estimate of drug-likeness (QED) is 0.616. The first-order valence-electron chi connectivity index (χ1n) is 3.16. The molecule has 0 bridgehead atoms. The summed E-state index contributed by atoms with van der Waals surface area (Å²) < 4.78 is 22.2. The van der Waals surface area contributed by atoms with Crippen molar-refractivity contribution in [1.82, 2.24) is 4.83 Å². The maximum Gasteiger partial charge on any atom is 0.279 e. The predicted octanol–water partition coefficient (Wildman–Crippen LogP) is 1.30.